The van der Waals surface area contributed by atoms with Crippen LogP contribution >= 0.6 is 0 Å². The standard InChI is InChI=1S/C11H13N3O.C2H6/c1-14-7-8(6-13-14)9-4-3-5-10(12)11(9)15-2;1-2/h3-7H,12H2,1-2H3;1-2H3. The summed E-state index contributed by atoms with van der Waals surface area (Å²) in [4.78, 5) is 0. The molecular formula is C13H19N3O. The molecule has 1 aromatic heterocycles. The number of aryl methyl sites for hydroxylation is 1. The SMILES string of the molecule is CC.COc1c(N)cccc1-c1cnn(C)c1. The summed E-state index contributed by atoms with van der Waals surface area (Å²) in [7, 11) is 3.49. The fraction of sp³-hybridized carbons (Fsp3) is 0.308. The van der Waals surface area contributed by atoms with E-state index in [2.05, 4.69) is 5.10 Å². The zero-order valence-corrected chi connectivity index (χ0v) is 10.8. The van der Waals surface area contributed by atoms with Crippen LogP contribution in [0, 0.1) is 0 Å². The molecule has 0 spiro atoms. The fourth-order valence-corrected chi connectivity index (χ4v) is 1.57. The lowest BCUT2D eigenvalue weighted by atomic mass is 10.1. The van der Waals surface area contributed by atoms with E-state index in [0.29, 0.717) is 11.4 Å². The van der Waals surface area contributed by atoms with Crippen molar-refractivity contribution in [2.24, 2.45) is 7.05 Å². The van der Waals surface area contributed by atoms with E-state index in [4.69, 9.17) is 10.5 Å². The molecule has 2 N–H and O–H groups in total. The number of benzene rings is 1. The van der Waals surface area contributed by atoms with E-state index in [1.807, 2.05) is 45.3 Å². The summed E-state index contributed by atoms with van der Waals surface area (Å²) in [6, 6.07) is 5.69. The van der Waals surface area contributed by atoms with Crippen molar-refractivity contribution < 1.29 is 4.74 Å². The minimum absolute atomic E-state index is 0.638. The van der Waals surface area contributed by atoms with Crippen molar-refractivity contribution in [1.82, 2.24) is 9.78 Å². The van der Waals surface area contributed by atoms with Crippen LogP contribution in [0.15, 0.2) is 30.6 Å². The number of aromatic nitrogens is 2. The van der Waals surface area contributed by atoms with Gasteiger partial charge in [-0.1, -0.05) is 26.0 Å². The number of para-hydroxylation sites is 1. The number of anilines is 1. The summed E-state index contributed by atoms with van der Waals surface area (Å²) < 4.78 is 7.03. The number of nitrogens with zero attached hydrogens (tertiary/aromatic N) is 2. The van der Waals surface area contributed by atoms with Crippen LogP contribution in [0.25, 0.3) is 11.1 Å². The molecule has 92 valence electrons. The topological polar surface area (TPSA) is 53.1 Å². The minimum Gasteiger partial charge on any atom is -0.494 e. The average molecular weight is 233 g/mol. The first-order valence-electron chi connectivity index (χ1n) is 5.64. The lowest BCUT2D eigenvalue weighted by Crippen LogP contribution is -1.94. The lowest BCUT2D eigenvalue weighted by Gasteiger charge is -2.08. The van der Waals surface area contributed by atoms with Gasteiger partial charge >= 0.3 is 0 Å². The second kappa shape index (κ2) is 5.94. The number of rotatable bonds is 2. The summed E-state index contributed by atoms with van der Waals surface area (Å²) in [5, 5.41) is 4.12. The molecule has 2 aromatic rings. The van der Waals surface area contributed by atoms with Crippen LogP contribution in [0.1, 0.15) is 13.8 Å². The molecule has 0 saturated heterocycles. The van der Waals surface area contributed by atoms with Crippen LogP contribution in [0.4, 0.5) is 5.69 Å². The van der Waals surface area contributed by atoms with Gasteiger partial charge < -0.3 is 10.5 Å². The number of nitrogen functional groups attached to an aromatic ring is 1. The van der Waals surface area contributed by atoms with Gasteiger partial charge in [0.15, 0.2) is 0 Å². The van der Waals surface area contributed by atoms with E-state index < -0.39 is 0 Å². The Bertz CT molecular complexity index is 477. The number of ether oxygens (including phenoxy) is 1. The fourth-order valence-electron chi connectivity index (χ4n) is 1.57. The van der Waals surface area contributed by atoms with Gasteiger partial charge in [0.05, 0.1) is 19.0 Å². The van der Waals surface area contributed by atoms with Crippen LogP contribution in [-0.2, 0) is 7.05 Å². The highest BCUT2D eigenvalue weighted by molar-refractivity contribution is 5.76. The molecule has 0 amide bonds. The van der Waals surface area contributed by atoms with Gasteiger partial charge in [0.2, 0.25) is 0 Å². The quantitative estimate of drug-likeness (QED) is 0.811. The van der Waals surface area contributed by atoms with E-state index in [1.165, 1.54) is 0 Å². The predicted octanol–water partition coefficient (Wildman–Crippen LogP) is 2.70. The second-order valence-electron chi connectivity index (χ2n) is 3.33. The van der Waals surface area contributed by atoms with Crippen molar-refractivity contribution in [2.75, 3.05) is 12.8 Å². The zero-order chi connectivity index (χ0) is 12.8. The molecule has 2 rings (SSSR count). The van der Waals surface area contributed by atoms with Crippen molar-refractivity contribution in [3.05, 3.63) is 30.6 Å². The van der Waals surface area contributed by atoms with E-state index in [9.17, 15) is 0 Å². The first-order valence-corrected chi connectivity index (χ1v) is 5.64. The minimum atomic E-state index is 0.638. The van der Waals surface area contributed by atoms with Crippen molar-refractivity contribution in [3.63, 3.8) is 0 Å². The molecule has 1 heterocycles. The lowest BCUT2D eigenvalue weighted by molar-refractivity contribution is 0.418. The van der Waals surface area contributed by atoms with E-state index in [-0.39, 0.29) is 0 Å². The Morgan fingerprint density at radius 1 is 1.29 bits per heavy atom. The molecular weight excluding hydrogens is 214 g/mol. The number of nitrogens with two attached hydrogens (primary N) is 1. The van der Waals surface area contributed by atoms with Crippen LogP contribution < -0.4 is 10.5 Å². The van der Waals surface area contributed by atoms with Gasteiger partial charge in [-0.2, -0.15) is 5.10 Å². The summed E-state index contributed by atoms with van der Waals surface area (Å²) in [6.07, 6.45) is 3.72. The monoisotopic (exact) mass is 233 g/mol. The molecule has 4 heteroatoms. The van der Waals surface area contributed by atoms with Crippen LogP contribution in [-0.4, -0.2) is 16.9 Å². The first kappa shape index (κ1) is 13.1. The molecule has 0 bridgehead atoms. The van der Waals surface area contributed by atoms with Crippen molar-refractivity contribution in [3.8, 4) is 16.9 Å². The summed E-state index contributed by atoms with van der Waals surface area (Å²) in [5.74, 6) is 0.700. The maximum absolute atomic E-state index is 5.82. The third-order valence-electron chi connectivity index (χ3n) is 2.27. The Kier molecular flexibility index (Phi) is 4.57. The Morgan fingerprint density at radius 3 is 2.53 bits per heavy atom. The number of hydrogen-bond donors (Lipinski definition) is 1. The van der Waals surface area contributed by atoms with Gasteiger partial charge in [0.25, 0.3) is 0 Å². The molecule has 0 aliphatic heterocycles. The third kappa shape index (κ3) is 2.78. The normalized spacial score (nSPS) is 9.41. The van der Waals surface area contributed by atoms with Crippen LogP contribution in [0.2, 0.25) is 0 Å². The van der Waals surface area contributed by atoms with E-state index in [0.717, 1.165) is 11.1 Å². The van der Waals surface area contributed by atoms with Gasteiger partial charge in [0.1, 0.15) is 5.75 Å². The van der Waals surface area contributed by atoms with Gasteiger partial charge in [-0.25, -0.2) is 0 Å². The largest absolute Gasteiger partial charge is 0.494 e. The molecule has 0 fully saturated rings. The highest BCUT2D eigenvalue weighted by Crippen LogP contribution is 2.34. The summed E-state index contributed by atoms with van der Waals surface area (Å²) in [5.41, 5.74) is 8.43. The van der Waals surface area contributed by atoms with Crippen molar-refractivity contribution in [1.29, 1.82) is 0 Å². The Hall–Kier alpha value is -1.97. The molecule has 0 saturated carbocycles. The Labute approximate surface area is 102 Å². The Morgan fingerprint density at radius 2 is 2.00 bits per heavy atom. The number of methoxy groups -OCH3 is 1. The van der Waals surface area contributed by atoms with Gasteiger partial charge in [-0.05, 0) is 6.07 Å². The Balaban J connectivity index is 0.000000686. The first-order chi connectivity index (χ1) is 8.22. The van der Waals surface area contributed by atoms with Gasteiger partial charge in [-0.15, -0.1) is 0 Å². The smallest absolute Gasteiger partial charge is 0.149 e. The average Bonchev–Trinajstić information content (AvgIpc) is 2.78. The van der Waals surface area contributed by atoms with E-state index >= 15 is 0 Å². The van der Waals surface area contributed by atoms with Crippen LogP contribution in [0.5, 0.6) is 5.75 Å². The summed E-state index contributed by atoms with van der Waals surface area (Å²) >= 11 is 0. The second-order valence-corrected chi connectivity index (χ2v) is 3.33. The molecule has 0 unspecified atom stereocenters. The maximum Gasteiger partial charge on any atom is 0.149 e. The van der Waals surface area contributed by atoms with Gasteiger partial charge in [0, 0.05) is 24.4 Å². The van der Waals surface area contributed by atoms with Crippen LogP contribution in [0.3, 0.4) is 0 Å². The molecule has 17 heavy (non-hydrogen) atoms. The molecule has 0 atom stereocenters. The summed E-state index contributed by atoms with van der Waals surface area (Å²) in [6.45, 7) is 4.00. The molecule has 1 aromatic carbocycles. The predicted molar refractivity (Wildman–Crippen MR) is 71.0 cm³/mol. The third-order valence-corrected chi connectivity index (χ3v) is 2.27. The van der Waals surface area contributed by atoms with E-state index in [1.54, 1.807) is 18.0 Å². The molecule has 0 radical (unpaired) electrons. The maximum atomic E-state index is 5.82. The molecule has 0 aliphatic carbocycles. The zero-order valence-electron chi connectivity index (χ0n) is 10.8. The molecule has 0 aliphatic rings. The molecule has 4 nitrogen and oxygen atoms in total. The van der Waals surface area contributed by atoms with Crippen molar-refractivity contribution in [2.45, 2.75) is 13.8 Å². The van der Waals surface area contributed by atoms with Crippen molar-refractivity contribution >= 4 is 5.69 Å². The number of hydrogen-bond acceptors (Lipinski definition) is 3. The highest BCUT2D eigenvalue weighted by Gasteiger charge is 2.09. The van der Waals surface area contributed by atoms with Gasteiger partial charge in [-0.3, -0.25) is 4.68 Å². The highest BCUT2D eigenvalue weighted by atomic mass is 16.5.